The summed E-state index contributed by atoms with van der Waals surface area (Å²) in [5.74, 6) is 0.566. The number of aromatic amines is 2. The van der Waals surface area contributed by atoms with Gasteiger partial charge in [-0.2, -0.15) is 10.2 Å². The molecule has 0 spiro atoms. The summed E-state index contributed by atoms with van der Waals surface area (Å²) >= 11 is 0. The van der Waals surface area contributed by atoms with Crippen molar-refractivity contribution in [1.82, 2.24) is 25.0 Å². The van der Waals surface area contributed by atoms with E-state index in [4.69, 9.17) is 0 Å². The molecule has 4 rings (SSSR count). The zero-order valence-electron chi connectivity index (χ0n) is 14.2. The number of aryl methyl sites for hydroxylation is 1. The first-order chi connectivity index (χ1) is 12.2. The van der Waals surface area contributed by atoms with Crippen LogP contribution in [0.2, 0.25) is 0 Å². The van der Waals surface area contributed by atoms with Gasteiger partial charge in [-0.25, -0.2) is 0 Å². The lowest BCUT2D eigenvalue weighted by Crippen LogP contribution is -2.28. The van der Waals surface area contributed by atoms with Crippen molar-refractivity contribution < 1.29 is 0 Å². The Morgan fingerprint density at radius 2 is 2.00 bits per heavy atom. The molecule has 1 aliphatic rings. The number of rotatable bonds is 4. The van der Waals surface area contributed by atoms with Gasteiger partial charge in [-0.1, -0.05) is 0 Å². The summed E-state index contributed by atoms with van der Waals surface area (Å²) in [6, 6.07) is 2.24. The summed E-state index contributed by atoms with van der Waals surface area (Å²) in [4.78, 5) is 15.0. The lowest BCUT2D eigenvalue weighted by molar-refractivity contribution is 0.412. The molecule has 1 saturated carbocycles. The fraction of sp³-hybridized carbons (Fsp3) is 0.389. The quantitative estimate of drug-likeness (QED) is 0.682. The summed E-state index contributed by atoms with van der Waals surface area (Å²) in [5, 5.41) is 14.6. The average molecular weight is 338 g/mol. The Morgan fingerprint density at radius 3 is 2.68 bits per heavy atom. The standard InChI is InChI=1S/C18H22N6O/c1-24-11-15(10-22-24)13-6-17(18(25)19-7-13)23-16-4-2-12(3-5-16)14-8-20-21-9-14/h6-12,16,23H,2-5H2,1H3,(H,19,25)(H,20,21)/t12-,16+. The largest absolute Gasteiger partial charge is 0.378 e. The molecule has 25 heavy (non-hydrogen) atoms. The number of nitrogens with one attached hydrogen (secondary N) is 3. The van der Waals surface area contributed by atoms with Crippen LogP contribution in [-0.2, 0) is 7.05 Å². The van der Waals surface area contributed by atoms with Gasteiger partial charge in [0.15, 0.2) is 0 Å². The second-order valence-electron chi connectivity index (χ2n) is 6.76. The zero-order valence-corrected chi connectivity index (χ0v) is 14.2. The normalized spacial score (nSPS) is 20.5. The molecule has 0 atom stereocenters. The van der Waals surface area contributed by atoms with Crippen LogP contribution in [0.1, 0.15) is 37.2 Å². The second-order valence-corrected chi connectivity index (χ2v) is 6.76. The van der Waals surface area contributed by atoms with Gasteiger partial charge >= 0.3 is 0 Å². The van der Waals surface area contributed by atoms with Gasteiger partial charge < -0.3 is 10.3 Å². The number of aromatic nitrogens is 5. The molecule has 1 aliphatic carbocycles. The zero-order chi connectivity index (χ0) is 17.2. The fourth-order valence-corrected chi connectivity index (χ4v) is 3.60. The van der Waals surface area contributed by atoms with E-state index in [0.717, 1.165) is 36.8 Å². The maximum atomic E-state index is 12.2. The van der Waals surface area contributed by atoms with Gasteiger partial charge in [0.1, 0.15) is 5.69 Å². The first-order valence-corrected chi connectivity index (χ1v) is 8.66. The number of hydrogen-bond acceptors (Lipinski definition) is 4. The highest BCUT2D eigenvalue weighted by Crippen LogP contribution is 2.33. The molecule has 3 aromatic rings. The highest BCUT2D eigenvalue weighted by molar-refractivity contribution is 5.65. The Morgan fingerprint density at radius 1 is 1.16 bits per heavy atom. The van der Waals surface area contributed by atoms with Crippen molar-refractivity contribution in [1.29, 1.82) is 0 Å². The van der Waals surface area contributed by atoms with E-state index in [2.05, 4.69) is 25.6 Å². The van der Waals surface area contributed by atoms with E-state index >= 15 is 0 Å². The first-order valence-electron chi connectivity index (χ1n) is 8.66. The highest BCUT2D eigenvalue weighted by Gasteiger charge is 2.23. The van der Waals surface area contributed by atoms with Crippen LogP contribution < -0.4 is 10.9 Å². The van der Waals surface area contributed by atoms with Crippen LogP contribution in [0.15, 0.2) is 41.8 Å². The summed E-state index contributed by atoms with van der Waals surface area (Å²) in [7, 11) is 1.88. The van der Waals surface area contributed by atoms with Crippen LogP contribution in [0.3, 0.4) is 0 Å². The minimum atomic E-state index is -0.0791. The fourth-order valence-electron chi connectivity index (χ4n) is 3.60. The van der Waals surface area contributed by atoms with Crippen molar-refractivity contribution in [2.45, 2.75) is 37.6 Å². The molecule has 3 N–H and O–H groups in total. The van der Waals surface area contributed by atoms with Gasteiger partial charge in [-0.15, -0.1) is 0 Å². The number of pyridine rings is 1. The van der Waals surface area contributed by atoms with Crippen molar-refractivity contribution in [2.24, 2.45) is 7.05 Å². The summed E-state index contributed by atoms with van der Waals surface area (Å²) < 4.78 is 1.75. The van der Waals surface area contributed by atoms with Gasteiger partial charge in [0, 0.05) is 42.8 Å². The van der Waals surface area contributed by atoms with Gasteiger partial charge in [-0.3, -0.25) is 14.6 Å². The van der Waals surface area contributed by atoms with E-state index in [-0.39, 0.29) is 5.56 Å². The minimum absolute atomic E-state index is 0.0791. The lowest BCUT2D eigenvalue weighted by atomic mass is 9.83. The summed E-state index contributed by atoms with van der Waals surface area (Å²) in [6.45, 7) is 0. The topological polar surface area (TPSA) is 91.4 Å². The number of anilines is 1. The molecule has 0 aliphatic heterocycles. The molecule has 7 nitrogen and oxygen atoms in total. The van der Waals surface area contributed by atoms with Crippen LogP contribution in [0.25, 0.3) is 11.1 Å². The van der Waals surface area contributed by atoms with E-state index in [0.29, 0.717) is 17.6 Å². The summed E-state index contributed by atoms with van der Waals surface area (Å²) in [5.41, 5.74) is 3.79. The van der Waals surface area contributed by atoms with E-state index in [1.54, 1.807) is 17.1 Å². The van der Waals surface area contributed by atoms with E-state index < -0.39 is 0 Å². The maximum absolute atomic E-state index is 12.2. The monoisotopic (exact) mass is 338 g/mol. The predicted molar refractivity (Wildman–Crippen MR) is 96.5 cm³/mol. The van der Waals surface area contributed by atoms with Gasteiger partial charge in [0.2, 0.25) is 0 Å². The molecule has 0 radical (unpaired) electrons. The first kappa shape index (κ1) is 15.7. The Labute approximate surface area is 145 Å². The van der Waals surface area contributed by atoms with Crippen LogP contribution in [0.4, 0.5) is 5.69 Å². The second kappa shape index (κ2) is 6.58. The molecule has 3 aromatic heterocycles. The summed E-state index contributed by atoms with van der Waals surface area (Å²) in [6.07, 6.45) is 13.7. The van der Waals surface area contributed by atoms with Gasteiger partial charge in [0.25, 0.3) is 5.56 Å². The van der Waals surface area contributed by atoms with Gasteiger partial charge in [0.05, 0.1) is 12.4 Å². The van der Waals surface area contributed by atoms with Crippen LogP contribution in [-0.4, -0.2) is 31.0 Å². The predicted octanol–water partition coefficient (Wildman–Crippen LogP) is 2.64. The lowest BCUT2D eigenvalue weighted by Gasteiger charge is -2.29. The Hall–Kier alpha value is -2.83. The third-order valence-electron chi connectivity index (χ3n) is 5.02. The van der Waals surface area contributed by atoms with E-state index in [9.17, 15) is 4.79 Å². The third-order valence-corrected chi connectivity index (χ3v) is 5.02. The molecule has 0 amide bonds. The van der Waals surface area contributed by atoms with Crippen LogP contribution in [0, 0.1) is 0 Å². The SMILES string of the molecule is Cn1cc(-c2c[nH]c(=O)c(N[C@H]3CC[C@@H](c4cn[nH]c4)CC3)c2)cn1. The van der Waals surface area contributed by atoms with Gasteiger partial charge in [-0.05, 0) is 43.2 Å². The van der Waals surface area contributed by atoms with E-state index in [1.807, 2.05) is 31.7 Å². The smallest absolute Gasteiger partial charge is 0.271 e. The van der Waals surface area contributed by atoms with E-state index in [1.165, 1.54) is 5.56 Å². The Balaban J connectivity index is 1.45. The van der Waals surface area contributed by atoms with Crippen LogP contribution >= 0.6 is 0 Å². The molecule has 0 bridgehead atoms. The van der Waals surface area contributed by atoms with Crippen molar-refractivity contribution in [3.8, 4) is 11.1 Å². The van der Waals surface area contributed by atoms with Crippen LogP contribution in [0.5, 0.6) is 0 Å². The van der Waals surface area contributed by atoms with Crippen molar-refractivity contribution in [2.75, 3.05) is 5.32 Å². The van der Waals surface area contributed by atoms with Crippen molar-refractivity contribution in [3.05, 3.63) is 53.0 Å². The minimum Gasteiger partial charge on any atom is -0.378 e. The van der Waals surface area contributed by atoms with Crippen molar-refractivity contribution in [3.63, 3.8) is 0 Å². The molecule has 0 saturated heterocycles. The number of hydrogen-bond donors (Lipinski definition) is 3. The molecule has 0 aromatic carbocycles. The molecule has 130 valence electrons. The molecular formula is C18H22N6O. The molecule has 7 heteroatoms. The Kier molecular flexibility index (Phi) is 4.13. The third kappa shape index (κ3) is 3.35. The van der Waals surface area contributed by atoms with Crippen molar-refractivity contribution >= 4 is 5.69 Å². The molecule has 1 fully saturated rings. The average Bonchev–Trinajstić information content (AvgIpc) is 3.29. The maximum Gasteiger partial charge on any atom is 0.271 e. The number of nitrogens with zero attached hydrogens (tertiary/aromatic N) is 3. The molecular weight excluding hydrogens is 316 g/mol. The highest BCUT2D eigenvalue weighted by atomic mass is 16.1. The molecule has 0 unspecified atom stereocenters. The Bertz CT molecular complexity index is 886. The molecule has 3 heterocycles. The number of H-pyrrole nitrogens is 2.